The average Bonchev–Trinajstić information content (AvgIpc) is 3.04. The lowest BCUT2D eigenvalue weighted by Gasteiger charge is -2.15. The molecular weight excluding hydrogens is 392 g/mol. The summed E-state index contributed by atoms with van der Waals surface area (Å²) in [7, 11) is 3.76. The minimum atomic E-state index is -0.957. The number of aliphatic carboxylic acids is 1. The Balaban J connectivity index is 1.98. The maximum atomic E-state index is 13.5. The zero-order valence-electron chi connectivity index (χ0n) is 16.5. The molecule has 1 fully saturated rings. The number of carbonyl (C=O) groups excluding carboxylic acids is 1. The number of carboxylic acids is 1. The molecule has 0 saturated heterocycles. The second-order valence-electron chi connectivity index (χ2n) is 8.29. The maximum absolute atomic E-state index is 13.5. The molecule has 152 valence electrons. The first-order valence-electron chi connectivity index (χ1n) is 9.46. The van der Waals surface area contributed by atoms with Crippen LogP contribution in [-0.4, -0.2) is 51.3 Å². The highest BCUT2D eigenvalue weighted by molar-refractivity contribution is 6.30. The third kappa shape index (κ3) is 3.31. The van der Waals surface area contributed by atoms with Gasteiger partial charge in [-0.05, 0) is 50.8 Å². The maximum Gasteiger partial charge on any atom is 0.307 e. The van der Waals surface area contributed by atoms with E-state index in [1.165, 1.54) is 0 Å². The standard InChI is InChI=1S/C22H23ClN2O4/c1-22(29)16-8-14-15(9-20(26)27)19(11-24(2)3)25(18(14)10-17(16)22)21(28)12-4-6-13(23)7-5-12/h4-8,10,16-17,29H,9,11H2,1-3H3,(H,26,27). The lowest BCUT2D eigenvalue weighted by atomic mass is 10.1. The van der Waals surface area contributed by atoms with E-state index >= 15 is 0 Å². The molecule has 1 heterocycles. The molecule has 29 heavy (non-hydrogen) atoms. The number of fused-ring (bicyclic) bond motifs is 2. The van der Waals surface area contributed by atoms with Gasteiger partial charge in [-0.2, -0.15) is 0 Å². The number of benzene rings is 1. The predicted octanol–water partition coefficient (Wildman–Crippen LogP) is 1.09. The van der Waals surface area contributed by atoms with E-state index in [0.717, 1.165) is 5.22 Å². The van der Waals surface area contributed by atoms with Crippen LogP contribution in [0.5, 0.6) is 0 Å². The van der Waals surface area contributed by atoms with Gasteiger partial charge in [-0.25, -0.2) is 0 Å². The topological polar surface area (TPSA) is 82.8 Å². The van der Waals surface area contributed by atoms with Crippen molar-refractivity contribution in [2.24, 2.45) is 11.8 Å². The first-order valence-corrected chi connectivity index (χ1v) is 9.84. The molecule has 0 radical (unpaired) electrons. The van der Waals surface area contributed by atoms with E-state index < -0.39 is 11.6 Å². The third-order valence-electron chi connectivity index (χ3n) is 5.86. The second kappa shape index (κ2) is 6.83. The molecule has 2 aliphatic carbocycles. The molecule has 0 aliphatic heterocycles. The Morgan fingerprint density at radius 1 is 1.17 bits per heavy atom. The second-order valence-corrected chi connectivity index (χ2v) is 8.73. The van der Waals surface area contributed by atoms with E-state index in [-0.39, 0.29) is 24.2 Å². The molecule has 3 unspecified atom stereocenters. The van der Waals surface area contributed by atoms with Crippen molar-refractivity contribution in [1.29, 1.82) is 0 Å². The highest BCUT2D eigenvalue weighted by Crippen LogP contribution is 2.53. The van der Waals surface area contributed by atoms with Crippen molar-refractivity contribution in [3.05, 3.63) is 56.7 Å². The normalized spacial score (nSPS) is 24.3. The van der Waals surface area contributed by atoms with Gasteiger partial charge in [0.25, 0.3) is 5.91 Å². The SMILES string of the molecule is CN(C)Cc1c(CC(=O)O)c2c(n1C(=O)c1ccc(Cl)cc1)=CC1C(C=2)C1(C)O. The number of carbonyl (C=O) groups is 2. The first kappa shape index (κ1) is 19.9. The highest BCUT2D eigenvalue weighted by atomic mass is 35.5. The summed E-state index contributed by atoms with van der Waals surface area (Å²) in [4.78, 5) is 27.0. The van der Waals surface area contributed by atoms with E-state index in [9.17, 15) is 19.8 Å². The van der Waals surface area contributed by atoms with Gasteiger partial charge in [0, 0.05) is 39.9 Å². The number of halogens is 1. The molecule has 2 N–H and O–H groups in total. The summed E-state index contributed by atoms with van der Waals surface area (Å²) in [6, 6.07) is 6.64. The van der Waals surface area contributed by atoms with Gasteiger partial charge in [0.1, 0.15) is 0 Å². The first-order chi connectivity index (χ1) is 13.6. The van der Waals surface area contributed by atoms with Gasteiger partial charge in [-0.3, -0.25) is 14.2 Å². The van der Waals surface area contributed by atoms with Crippen molar-refractivity contribution in [2.45, 2.75) is 25.5 Å². The van der Waals surface area contributed by atoms with Gasteiger partial charge in [-0.15, -0.1) is 0 Å². The van der Waals surface area contributed by atoms with Crippen molar-refractivity contribution < 1.29 is 19.8 Å². The van der Waals surface area contributed by atoms with Crippen molar-refractivity contribution in [3.63, 3.8) is 0 Å². The molecule has 0 spiro atoms. The summed E-state index contributed by atoms with van der Waals surface area (Å²) >= 11 is 5.97. The fourth-order valence-electron chi connectivity index (χ4n) is 4.29. The van der Waals surface area contributed by atoms with Crippen molar-refractivity contribution in [3.8, 4) is 0 Å². The van der Waals surface area contributed by atoms with E-state index in [4.69, 9.17) is 11.6 Å². The number of carboxylic acid groups (broad SMARTS) is 1. The fraction of sp³-hybridized carbons (Fsp3) is 0.364. The quantitative estimate of drug-likeness (QED) is 0.765. The molecular formula is C22H23ClN2O4. The Labute approximate surface area is 173 Å². The van der Waals surface area contributed by atoms with Gasteiger partial charge in [-0.1, -0.05) is 23.8 Å². The van der Waals surface area contributed by atoms with Crippen LogP contribution in [-0.2, 0) is 17.8 Å². The average molecular weight is 415 g/mol. The molecule has 6 nitrogen and oxygen atoms in total. The molecule has 3 atom stereocenters. The molecule has 1 aromatic carbocycles. The number of hydrogen-bond acceptors (Lipinski definition) is 4. The van der Waals surface area contributed by atoms with Crippen LogP contribution in [0.1, 0.15) is 28.5 Å². The minimum Gasteiger partial charge on any atom is -0.481 e. The molecule has 2 aromatic rings. The van der Waals surface area contributed by atoms with Crippen LogP contribution in [0.25, 0.3) is 12.2 Å². The molecule has 0 amide bonds. The fourth-order valence-corrected chi connectivity index (χ4v) is 4.42. The Kier molecular flexibility index (Phi) is 4.69. The Morgan fingerprint density at radius 3 is 2.38 bits per heavy atom. The minimum absolute atomic E-state index is 0.0590. The number of nitrogens with zero attached hydrogens (tertiary/aromatic N) is 2. The number of rotatable bonds is 5. The van der Waals surface area contributed by atoms with Crippen molar-refractivity contribution in [2.75, 3.05) is 14.1 Å². The summed E-state index contributed by atoms with van der Waals surface area (Å²) < 4.78 is 1.61. The number of aliphatic hydroxyl groups is 1. The van der Waals surface area contributed by atoms with Crippen molar-refractivity contribution >= 4 is 35.6 Å². The lowest BCUT2D eigenvalue weighted by molar-refractivity contribution is -0.136. The predicted molar refractivity (Wildman–Crippen MR) is 110 cm³/mol. The van der Waals surface area contributed by atoms with Crippen LogP contribution in [0.3, 0.4) is 0 Å². The van der Waals surface area contributed by atoms with Crippen molar-refractivity contribution in [1.82, 2.24) is 9.47 Å². The van der Waals surface area contributed by atoms with Gasteiger partial charge in [0.05, 0.1) is 17.4 Å². The summed E-state index contributed by atoms with van der Waals surface area (Å²) in [5.41, 5.74) is 0.888. The molecule has 1 saturated carbocycles. The summed E-state index contributed by atoms with van der Waals surface area (Å²) in [5, 5.41) is 22.0. The summed E-state index contributed by atoms with van der Waals surface area (Å²) in [6.45, 7) is 2.19. The largest absolute Gasteiger partial charge is 0.481 e. The van der Waals surface area contributed by atoms with E-state index in [2.05, 4.69) is 0 Å². The van der Waals surface area contributed by atoms with E-state index in [1.807, 2.05) is 31.1 Å². The molecule has 1 aromatic heterocycles. The van der Waals surface area contributed by atoms with Crippen LogP contribution in [0.2, 0.25) is 5.02 Å². The van der Waals surface area contributed by atoms with E-state index in [1.54, 1.807) is 35.8 Å². The van der Waals surface area contributed by atoms with Gasteiger partial charge in [0.15, 0.2) is 0 Å². The summed E-state index contributed by atoms with van der Waals surface area (Å²) in [6.07, 6.45) is 3.66. The molecule has 2 aliphatic rings. The van der Waals surface area contributed by atoms with Gasteiger partial charge >= 0.3 is 5.97 Å². The van der Waals surface area contributed by atoms with E-state index in [0.29, 0.717) is 33.7 Å². The van der Waals surface area contributed by atoms with Crippen LogP contribution in [0, 0.1) is 11.8 Å². The van der Waals surface area contributed by atoms with Crippen LogP contribution >= 0.6 is 11.6 Å². The lowest BCUT2D eigenvalue weighted by Crippen LogP contribution is -2.36. The molecule has 4 rings (SSSR count). The van der Waals surface area contributed by atoms with Crippen LogP contribution in [0.15, 0.2) is 24.3 Å². The number of hydrogen-bond donors (Lipinski definition) is 2. The highest BCUT2D eigenvalue weighted by Gasteiger charge is 2.59. The zero-order valence-corrected chi connectivity index (χ0v) is 17.3. The zero-order chi connectivity index (χ0) is 21.1. The van der Waals surface area contributed by atoms with Crippen LogP contribution < -0.4 is 10.6 Å². The Morgan fingerprint density at radius 2 is 1.79 bits per heavy atom. The smallest absolute Gasteiger partial charge is 0.307 e. The van der Waals surface area contributed by atoms with Crippen LogP contribution in [0.4, 0.5) is 0 Å². The third-order valence-corrected chi connectivity index (χ3v) is 6.11. The monoisotopic (exact) mass is 414 g/mol. The summed E-state index contributed by atoms with van der Waals surface area (Å²) in [5.74, 6) is -1.33. The Hall–Kier alpha value is -2.41. The number of aromatic nitrogens is 1. The van der Waals surface area contributed by atoms with Gasteiger partial charge in [0.2, 0.25) is 0 Å². The van der Waals surface area contributed by atoms with Gasteiger partial charge < -0.3 is 15.1 Å². The Bertz CT molecular complexity index is 1130. The molecule has 0 bridgehead atoms. The molecule has 7 heteroatoms.